The summed E-state index contributed by atoms with van der Waals surface area (Å²) < 4.78 is 16.7. The highest BCUT2D eigenvalue weighted by Gasteiger charge is 2.10. The monoisotopic (exact) mass is 418 g/mol. The van der Waals surface area contributed by atoms with E-state index < -0.39 is 0 Å². The zero-order valence-electron chi connectivity index (χ0n) is 10.2. The van der Waals surface area contributed by atoms with Crippen LogP contribution in [0.25, 0.3) is 11.0 Å². The second-order valence-corrected chi connectivity index (χ2v) is 6.35. The lowest BCUT2D eigenvalue weighted by Crippen LogP contribution is -2.00. The molecule has 2 nitrogen and oxygen atoms in total. The van der Waals surface area contributed by atoms with Gasteiger partial charge in [-0.1, -0.05) is 29.8 Å². The summed E-state index contributed by atoms with van der Waals surface area (Å²) in [5.41, 5.74) is 2.52. The van der Waals surface area contributed by atoms with E-state index in [9.17, 15) is 4.39 Å². The molecule has 3 aromatic rings. The van der Waals surface area contributed by atoms with Crippen molar-refractivity contribution in [1.29, 1.82) is 0 Å². The van der Waals surface area contributed by atoms with Crippen molar-refractivity contribution in [2.24, 2.45) is 0 Å². The molecule has 6 heteroatoms. The molecule has 0 saturated carbocycles. The Morgan fingerprint density at radius 2 is 2.05 bits per heavy atom. The van der Waals surface area contributed by atoms with Gasteiger partial charge in [-0.05, 0) is 52.5 Å². The Morgan fingerprint density at radius 1 is 1.30 bits per heavy atom. The molecule has 0 fully saturated rings. The summed E-state index contributed by atoms with van der Waals surface area (Å²) in [5, 5.41) is 0.676. The van der Waals surface area contributed by atoms with Crippen LogP contribution in [0.1, 0.15) is 5.56 Å². The maximum atomic E-state index is 13.8. The van der Waals surface area contributed by atoms with E-state index in [2.05, 4.69) is 4.98 Å². The minimum Gasteiger partial charge on any atom is -0.331 e. The van der Waals surface area contributed by atoms with Gasteiger partial charge in [0.05, 0.1) is 21.1 Å². The van der Waals surface area contributed by atoms with Crippen molar-refractivity contribution in [3.63, 3.8) is 0 Å². The molecule has 0 aliphatic carbocycles. The third kappa shape index (κ3) is 2.49. The molecule has 0 aliphatic rings. The van der Waals surface area contributed by atoms with Gasteiger partial charge in [-0.2, -0.15) is 0 Å². The molecule has 0 unspecified atom stereocenters. The molecule has 1 aromatic heterocycles. The summed E-state index contributed by atoms with van der Waals surface area (Å²) in [7, 11) is 0. The van der Waals surface area contributed by atoms with Crippen LogP contribution in [0.5, 0.6) is 0 Å². The summed E-state index contributed by atoms with van der Waals surface area (Å²) in [6, 6.07) is 10.8. The van der Waals surface area contributed by atoms with Crippen molar-refractivity contribution in [2.75, 3.05) is 0 Å². The zero-order valence-corrected chi connectivity index (χ0v) is 13.9. The summed E-state index contributed by atoms with van der Waals surface area (Å²) >= 11 is 13.5. The average Bonchev–Trinajstić information content (AvgIpc) is 2.69. The highest BCUT2D eigenvalue weighted by atomic mass is 127. The second kappa shape index (κ2) is 5.46. The molecule has 102 valence electrons. The maximum absolute atomic E-state index is 13.8. The topological polar surface area (TPSA) is 20.7 Å². The van der Waals surface area contributed by atoms with Crippen LogP contribution in [0.3, 0.4) is 0 Å². The summed E-state index contributed by atoms with van der Waals surface area (Å²) in [6.45, 7) is 0.512. The maximum Gasteiger partial charge on any atom is 0.178 e. The number of rotatable bonds is 2. The molecule has 0 aliphatic heterocycles. The molecule has 1 heterocycles. The van der Waals surface area contributed by atoms with Crippen molar-refractivity contribution >= 4 is 57.4 Å². The van der Waals surface area contributed by atoms with Crippen LogP contribution < -0.4 is 0 Å². The van der Waals surface area contributed by atoms with E-state index >= 15 is 0 Å². The van der Waals surface area contributed by atoms with Crippen LogP contribution in [0.4, 0.5) is 4.39 Å². The predicted molar refractivity (Wildman–Crippen MR) is 90.4 cm³/mol. The van der Waals surface area contributed by atoms with E-state index in [-0.39, 0.29) is 5.82 Å². The lowest BCUT2D eigenvalue weighted by molar-refractivity contribution is 0.621. The zero-order chi connectivity index (χ0) is 14.3. The molecule has 0 radical (unpaired) electrons. The van der Waals surface area contributed by atoms with Crippen molar-refractivity contribution in [1.82, 2.24) is 9.55 Å². The van der Waals surface area contributed by atoms with Crippen LogP contribution in [0, 0.1) is 14.2 Å². The van der Waals surface area contributed by atoms with Gasteiger partial charge in [-0.25, -0.2) is 4.39 Å². The Morgan fingerprint density at radius 3 is 2.80 bits per heavy atom. The van der Waals surface area contributed by atoms with Gasteiger partial charge in [0.15, 0.2) is 4.77 Å². The smallest absolute Gasteiger partial charge is 0.178 e. The normalized spacial score (nSPS) is 11.2. The predicted octanol–water partition coefficient (Wildman–Crippen LogP) is 5.14. The number of nitrogens with one attached hydrogen (secondary N) is 1. The highest BCUT2D eigenvalue weighted by Crippen LogP contribution is 2.23. The van der Waals surface area contributed by atoms with Gasteiger partial charge in [-0.3, -0.25) is 0 Å². The van der Waals surface area contributed by atoms with E-state index in [4.69, 9.17) is 23.8 Å². The van der Waals surface area contributed by atoms with E-state index in [1.54, 1.807) is 6.07 Å². The summed E-state index contributed by atoms with van der Waals surface area (Å²) in [5.74, 6) is -0.250. The minimum atomic E-state index is -0.250. The number of fused-ring (bicyclic) bond motifs is 1. The number of aromatic amines is 1. The molecule has 0 amide bonds. The first-order valence-corrected chi connectivity index (χ1v) is 7.74. The minimum absolute atomic E-state index is 0.250. The largest absolute Gasteiger partial charge is 0.331 e. The Bertz CT molecular complexity index is 856. The number of aromatic nitrogens is 2. The Kier molecular flexibility index (Phi) is 3.83. The average molecular weight is 419 g/mol. The standard InChI is InChI=1S/C14H9ClFIN2S/c15-9-4-2-1-3-8(9)7-19-13-5-10(16)11(17)6-12(13)18-14(19)20/h1-6H,7H2,(H,18,20). The first-order valence-electron chi connectivity index (χ1n) is 5.87. The lowest BCUT2D eigenvalue weighted by atomic mass is 10.2. The van der Waals surface area contributed by atoms with Crippen molar-refractivity contribution in [3.8, 4) is 0 Å². The van der Waals surface area contributed by atoms with Crippen LogP contribution in [0.15, 0.2) is 36.4 Å². The van der Waals surface area contributed by atoms with Gasteiger partial charge in [-0.15, -0.1) is 0 Å². The number of hydrogen-bond acceptors (Lipinski definition) is 1. The molecular weight excluding hydrogens is 410 g/mol. The third-order valence-corrected chi connectivity index (χ3v) is 4.62. The number of imidazole rings is 1. The number of H-pyrrole nitrogens is 1. The van der Waals surface area contributed by atoms with Crippen LogP contribution in [0.2, 0.25) is 5.02 Å². The summed E-state index contributed by atoms with van der Waals surface area (Å²) in [4.78, 5) is 3.10. The van der Waals surface area contributed by atoms with Gasteiger partial charge in [0.25, 0.3) is 0 Å². The Hall–Kier alpha value is -0.920. The van der Waals surface area contributed by atoms with E-state index in [0.29, 0.717) is 19.9 Å². The molecule has 2 aromatic carbocycles. The van der Waals surface area contributed by atoms with Gasteiger partial charge in [0, 0.05) is 11.1 Å². The van der Waals surface area contributed by atoms with Gasteiger partial charge < -0.3 is 9.55 Å². The van der Waals surface area contributed by atoms with Gasteiger partial charge in [0.2, 0.25) is 0 Å². The highest BCUT2D eigenvalue weighted by molar-refractivity contribution is 14.1. The first-order chi connectivity index (χ1) is 9.56. The van der Waals surface area contributed by atoms with Crippen LogP contribution >= 0.6 is 46.4 Å². The second-order valence-electron chi connectivity index (χ2n) is 4.39. The molecule has 1 N–H and O–H groups in total. The quantitative estimate of drug-likeness (QED) is 0.451. The first kappa shape index (κ1) is 14.0. The van der Waals surface area contributed by atoms with Gasteiger partial charge >= 0.3 is 0 Å². The van der Waals surface area contributed by atoms with E-state index in [0.717, 1.165) is 16.6 Å². The molecule has 3 rings (SSSR count). The van der Waals surface area contributed by atoms with E-state index in [1.807, 2.05) is 51.4 Å². The van der Waals surface area contributed by atoms with Crippen molar-refractivity contribution < 1.29 is 4.39 Å². The van der Waals surface area contributed by atoms with Crippen LogP contribution in [-0.2, 0) is 6.54 Å². The fourth-order valence-electron chi connectivity index (χ4n) is 2.11. The van der Waals surface area contributed by atoms with Crippen molar-refractivity contribution in [2.45, 2.75) is 6.54 Å². The fraction of sp³-hybridized carbons (Fsp3) is 0.0714. The Balaban J connectivity index is 2.17. The number of halogens is 3. The van der Waals surface area contributed by atoms with Crippen molar-refractivity contribution in [3.05, 3.63) is 61.1 Å². The summed E-state index contributed by atoms with van der Waals surface area (Å²) in [6.07, 6.45) is 0. The number of nitrogens with zero attached hydrogens (tertiary/aromatic N) is 1. The molecule has 0 spiro atoms. The molecule has 20 heavy (non-hydrogen) atoms. The fourth-order valence-corrected chi connectivity index (χ4v) is 3.04. The molecule has 0 saturated heterocycles. The van der Waals surface area contributed by atoms with Gasteiger partial charge in [0.1, 0.15) is 5.82 Å². The van der Waals surface area contributed by atoms with Crippen LogP contribution in [-0.4, -0.2) is 9.55 Å². The number of hydrogen-bond donors (Lipinski definition) is 1. The lowest BCUT2D eigenvalue weighted by Gasteiger charge is -2.07. The third-order valence-electron chi connectivity index (χ3n) is 3.10. The molecule has 0 atom stereocenters. The SMILES string of the molecule is Fc1cc2c(cc1I)[nH]c(=S)n2Cc1ccccc1Cl. The van der Waals surface area contributed by atoms with E-state index in [1.165, 1.54) is 6.07 Å². The molecule has 0 bridgehead atoms. The Labute approximate surface area is 138 Å². The molecular formula is C14H9ClFIN2S. The number of benzene rings is 2.